The molecule has 0 radical (unpaired) electrons. The summed E-state index contributed by atoms with van der Waals surface area (Å²) in [7, 11) is 3.45. The Morgan fingerprint density at radius 1 is 1.42 bits per heavy atom. The van der Waals surface area contributed by atoms with Crippen LogP contribution in [0.5, 0.6) is 0 Å². The number of likely N-dealkylation sites (N-methyl/N-ethyl adjacent to an activating group) is 1. The summed E-state index contributed by atoms with van der Waals surface area (Å²) in [5.74, 6) is 0.619. The maximum Gasteiger partial charge on any atom is 0.243 e. The van der Waals surface area contributed by atoms with Gasteiger partial charge in [0.15, 0.2) is 5.96 Å². The van der Waals surface area contributed by atoms with Gasteiger partial charge in [0.1, 0.15) is 11.7 Å². The molecule has 8 heteroatoms. The quantitative estimate of drug-likeness (QED) is 0.279. The molecule has 1 atom stereocenters. The summed E-state index contributed by atoms with van der Waals surface area (Å²) in [6.07, 6.45) is 3.54. The minimum Gasteiger partial charge on any atom is -0.356 e. The van der Waals surface area contributed by atoms with Crippen LogP contribution < -0.4 is 10.6 Å². The minimum absolute atomic E-state index is 0. The van der Waals surface area contributed by atoms with E-state index >= 15 is 0 Å². The highest BCUT2D eigenvalue weighted by Crippen LogP contribution is 2.05. The predicted molar refractivity (Wildman–Crippen MR) is 110 cm³/mol. The van der Waals surface area contributed by atoms with Crippen LogP contribution in [0, 0.1) is 0 Å². The standard InChI is InChI=1S/C16H26ClN5O.HI/c1-5-12(2)21-16(20-11-15(23)22(3)4)18-9-8-13-6-7-14(17)19-10-13;/h6-7,10,12H,5,8-9,11H2,1-4H3,(H2,18,20,21);1H. The van der Waals surface area contributed by atoms with Gasteiger partial charge in [0, 0.05) is 32.9 Å². The van der Waals surface area contributed by atoms with E-state index < -0.39 is 0 Å². The van der Waals surface area contributed by atoms with Gasteiger partial charge in [0.2, 0.25) is 5.91 Å². The van der Waals surface area contributed by atoms with Crippen LogP contribution in [0.3, 0.4) is 0 Å². The van der Waals surface area contributed by atoms with Crippen molar-refractivity contribution in [1.82, 2.24) is 20.5 Å². The van der Waals surface area contributed by atoms with Crippen molar-refractivity contribution in [3.05, 3.63) is 29.0 Å². The number of carbonyl (C=O) groups excluding carboxylic acids is 1. The largest absolute Gasteiger partial charge is 0.356 e. The number of guanidine groups is 1. The van der Waals surface area contributed by atoms with Crippen molar-refractivity contribution in [1.29, 1.82) is 0 Å². The highest BCUT2D eigenvalue weighted by Gasteiger charge is 2.07. The molecule has 1 aromatic heterocycles. The number of rotatable bonds is 7. The summed E-state index contributed by atoms with van der Waals surface area (Å²) in [6.45, 7) is 5.00. The molecule has 1 unspecified atom stereocenters. The zero-order chi connectivity index (χ0) is 17.2. The highest BCUT2D eigenvalue weighted by atomic mass is 127. The van der Waals surface area contributed by atoms with Gasteiger partial charge in [-0.3, -0.25) is 4.79 Å². The van der Waals surface area contributed by atoms with Crippen LogP contribution in [0.1, 0.15) is 25.8 Å². The Morgan fingerprint density at radius 3 is 2.67 bits per heavy atom. The molecule has 0 aliphatic carbocycles. The van der Waals surface area contributed by atoms with Crippen molar-refractivity contribution >= 4 is 47.4 Å². The van der Waals surface area contributed by atoms with Crippen LogP contribution in [0.4, 0.5) is 0 Å². The number of aliphatic imine (C=N–C) groups is 1. The lowest BCUT2D eigenvalue weighted by Crippen LogP contribution is -2.43. The molecular formula is C16H27ClIN5O. The maximum absolute atomic E-state index is 11.7. The van der Waals surface area contributed by atoms with E-state index in [2.05, 4.69) is 34.5 Å². The van der Waals surface area contributed by atoms with E-state index in [-0.39, 0.29) is 42.5 Å². The van der Waals surface area contributed by atoms with Gasteiger partial charge in [-0.25, -0.2) is 9.98 Å². The van der Waals surface area contributed by atoms with Crippen molar-refractivity contribution in [3.8, 4) is 0 Å². The smallest absolute Gasteiger partial charge is 0.243 e. The Kier molecular flexibility index (Phi) is 11.7. The molecule has 2 N–H and O–H groups in total. The first kappa shape index (κ1) is 22.9. The van der Waals surface area contributed by atoms with Crippen LogP contribution >= 0.6 is 35.6 Å². The van der Waals surface area contributed by atoms with Crippen LogP contribution in [-0.4, -0.2) is 55.0 Å². The SMILES string of the molecule is CCC(C)NC(=NCC(=O)N(C)C)NCCc1ccc(Cl)nc1.I. The second kappa shape index (κ2) is 12.3. The Balaban J connectivity index is 0.00000529. The fourth-order valence-corrected chi connectivity index (χ4v) is 1.77. The van der Waals surface area contributed by atoms with E-state index in [0.717, 1.165) is 18.4 Å². The minimum atomic E-state index is -0.0304. The fourth-order valence-electron chi connectivity index (χ4n) is 1.66. The Bertz CT molecular complexity index is 522. The number of amides is 1. The first-order chi connectivity index (χ1) is 10.9. The number of halogens is 2. The molecule has 6 nitrogen and oxygen atoms in total. The lowest BCUT2D eigenvalue weighted by molar-refractivity contribution is -0.127. The zero-order valence-corrected chi connectivity index (χ0v) is 17.8. The average molecular weight is 468 g/mol. The van der Waals surface area contributed by atoms with Gasteiger partial charge in [0.25, 0.3) is 0 Å². The molecule has 1 aromatic rings. The molecule has 0 saturated heterocycles. The molecule has 1 rings (SSSR count). The van der Waals surface area contributed by atoms with Gasteiger partial charge in [-0.15, -0.1) is 24.0 Å². The highest BCUT2D eigenvalue weighted by molar-refractivity contribution is 14.0. The molecule has 1 heterocycles. The molecule has 0 aromatic carbocycles. The van der Waals surface area contributed by atoms with Crippen molar-refractivity contribution in [2.45, 2.75) is 32.7 Å². The van der Waals surface area contributed by atoms with Crippen molar-refractivity contribution in [3.63, 3.8) is 0 Å². The van der Waals surface area contributed by atoms with Crippen molar-refractivity contribution < 1.29 is 4.79 Å². The number of nitrogens with zero attached hydrogens (tertiary/aromatic N) is 3. The Hall–Kier alpha value is -1.09. The van der Waals surface area contributed by atoms with Gasteiger partial charge in [-0.1, -0.05) is 24.6 Å². The van der Waals surface area contributed by atoms with Gasteiger partial charge in [0.05, 0.1) is 0 Å². The summed E-state index contributed by atoms with van der Waals surface area (Å²) in [6, 6.07) is 4.01. The molecule has 0 aliphatic heterocycles. The molecule has 24 heavy (non-hydrogen) atoms. The van der Waals surface area contributed by atoms with Gasteiger partial charge >= 0.3 is 0 Å². The molecule has 136 valence electrons. The van der Waals surface area contributed by atoms with Gasteiger partial charge in [-0.05, 0) is 31.4 Å². The number of hydrogen-bond donors (Lipinski definition) is 2. The number of nitrogens with one attached hydrogen (secondary N) is 2. The molecule has 0 aliphatic rings. The number of aromatic nitrogens is 1. The lowest BCUT2D eigenvalue weighted by Gasteiger charge is -2.17. The van der Waals surface area contributed by atoms with Crippen molar-refractivity contribution in [2.75, 3.05) is 27.2 Å². The van der Waals surface area contributed by atoms with Gasteiger partial charge < -0.3 is 15.5 Å². The first-order valence-electron chi connectivity index (χ1n) is 7.77. The lowest BCUT2D eigenvalue weighted by atomic mass is 10.2. The Morgan fingerprint density at radius 2 is 2.12 bits per heavy atom. The number of hydrogen-bond acceptors (Lipinski definition) is 3. The second-order valence-electron chi connectivity index (χ2n) is 5.57. The van der Waals surface area contributed by atoms with Crippen LogP contribution in [0.2, 0.25) is 5.15 Å². The van der Waals surface area contributed by atoms with E-state index in [1.54, 1.807) is 26.4 Å². The van der Waals surface area contributed by atoms with Gasteiger partial charge in [-0.2, -0.15) is 0 Å². The molecule has 0 fully saturated rings. The van der Waals surface area contributed by atoms with E-state index in [9.17, 15) is 4.79 Å². The molecule has 1 amide bonds. The summed E-state index contributed by atoms with van der Waals surface area (Å²) in [5.41, 5.74) is 1.09. The first-order valence-corrected chi connectivity index (χ1v) is 8.15. The predicted octanol–water partition coefficient (Wildman–Crippen LogP) is 2.32. The zero-order valence-electron chi connectivity index (χ0n) is 14.7. The summed E-state index contributed by atoms with van der Waals surface area (Å²) < 4.78 is 0. The second-order valence-corrected chi connectivity index (χ2v) is 5.96. The number of pyridine rings is 1. The topological polar surface area (TPSA) is 69.6 Å². The van der Waals surface area contributed by atoms with Crippen molar-refractivity contribution in [2.24, 2.45) is 4.99 Å². The third kappa shape index (κ3) is 9.27. The normalized spacial score (nSPS) is 12.1. The average Bonchev–Trinajstić information content (AvgIpc) is 2.53. The van der Waals surface area contributed by atoms with E-state index in [0.29, 0.717) is 17.7 Å². The molecule has 0 saturated carbocycles. The third-order valence-corrected chi connectivity index (χ3v) is 3.59. The number of carbonyl (C=O) groups is 1. The fraction of sp³-hybridized carbons (Fsp3) is 0.562. The third-order valence-electron chi connectivity index (χ3n) is 3.36. The summed E-state index contributed by atoms with van der Waals surface area (Å²) >= 11 is 5.77. The summed E-state index contributed by atoms with van der Waals surface area (Å²) in [5, 5.41) is 7.03. The van der Waals surface area contributed by atoms with E-state index in [1.165, 1.54) is 4.90 Å². The Labute approximate surface area is 166 Å². The molecular weight excluding hydrogens is 441 g/mol. The summed E-state index contributed by atoms with van der Waals surface area (Å²) in [4.78, 5) is 21.6. The van der Waals surface area contributed by atoms with Crippen LogP contribution in [0.25, 0.3) is 0 Å². The monoisotopic (exact) mass is 467 g/mol. The molecule has 0 bridgehead atoms. The van der Waals surface area contributed by atoms with Crippen LogP contribution in [0.15, 0.2) is 23.3 Å². The molecule has 0 spiro atoms. The van der Waals surface area contributed by atoms with E-state index in [1.807, 2.05) is 6.07 Å². The van der Waals surface area contributed by atoms with Crippen LogP contribution in [-0.2, 0) is 11.2 Å². The maximum atomic E-state index is 11.7. The van der Waals surface area contributed by atoms with E-state index in [4.69, 9.17) is 11.6 Å².